The third-order valence-electron chi connectivity index (χ3n) is 2.41. The maximum atomic E-state index is 11.8. The van der Waals surface area contributed by atoms with Crippen molar-refractivity contribution in [2.45, 2.75) is 6.92 Å². The van der Waals surface area contributed by atoms with Crippen LogP contribution in [-0.4, -0.2) is 21.8 Å². The fraction of sp³-hybridized carbons (Fsp3) is 0.0909. The van der Waals surface area contributed by atoms with Gasteiger partial charge in [-0.1, -0.05) is 29.8 Å². The lowest BCUT2D eigenvalue weighted by Gasteiger charge is -2.10. The Kier molecular flexibility index (Phi) is 2.87. The van der Waals surface area contributed by atoms with Crippen LogP contribution in [0.3, 0.4) is 0 Å². The van der Waals surface area contributed by atoms with E-state index in [1.54, 1.807) is 12.1 Å². The fourth-order valence-electron chi connectivity index (χ4n) is 1.52. The number of aromatic nitrogens is 1. The van der Waals surface area contributed by atoms with E-state index in [2.05, 4.69) is 4.98 Å². The first kappa shape index (κ1) is 11.6. The largest absolute Gasteiger partial charge is 0.349 e. The van der Waals surface area contributed by atoms with Crippen LogP contribution < -0.4 is 5.84 Å². The van der Waals surface area contributed by atoms with Crippen LogP contribution in [0, 0.1) is 0 Å². The third-order valence-corrected chi connectivity index (χ3v) is 2.81. The number of hydrogen-bond acceptors (Lipinski definition) is 3. The minimum atomic E-state index is -0.654. The van der Waals surface area contributed by atoms with Crippen LogP contribution in [0.2, 0.25) is 5.02 Å². The molecule has 2 amide bonds. The first-order valence-electron chi connectivity index (χ1n) is 4.88. The Balaban J connectivity index is 2.53. The summed E-state index contributed by atoms with van der Waals surface area (Å²) < 4.78 is 0. The van der Waals surface area contributed by atoms with Crippen molar-refractivity contribution in [1.82, 2.24) is 9.99 Å². The molecule has 1 aromatic carbocycles. The zero-order chi connectivity index (χ0) is 12.6. The van der Waals surface area contributed by atoms with E-state index >= 15 is 0 Å². The smallest absolute Gasteiger partial charge is 0.292 e. The lowest BCUT2D eigenvalue weighted by Crippen LogP contribution is -2.41. The number of fused-ring (bicyclic) bond motifs is 1. The van der Waals surface area contributed by atoms with Crippen LogP contribution in [0.25, 0.3) is 10.9 Å². The van der Waals surface area contributed by atoms with Crippen molar-refractivity contribution in [3.05, 3.63) is 35.0 Å². The zero-order valence-electron chi connectivity index (χ0n) is 9.03. The number of nitrogens with two attached hydrogens (primary N) is 1. The molecule has 88 valence electrons. The molecule has 0 aliphatic rings. The number of nitrogens with one attached hydrogen (secondary N) is 1. The van der Waals surface area contributed by atoms with Gasteiger partial charge in [0.15, 0.2) is 0 Å². The number of benzene rings is 1. The number of hydrogen-bond donors (Lipinski definition) is 2. The summed E-state index contributed by atoms with van der Waals surface area (Å²) in [5, 5.41) is 1.51. The number of rotatable bonds is 1. The SMILES string of the molecule is CC(=O)N(N)C(=O)c1[nH]c2ccccc2c1Cl. The Labute approximate surface area is 102 Å². The summed E-state index contributed by atoms with van der Waals surface area (Å²) in [6, 6.07) is 7.18. The van der Waals surface area contributed by atoms with Gasteiger partial charge in [0.2, 0.25) is 5.91 Å². The quantitative estimate of drug-likeness (QED) is 0.460. The summed E-state index contributed by atoms with van der Waals surface area (Å²) in [6.45, 7) is 1.20. The highest BCUT2D eigenvalue weighted by molar-refractivity contribution is 6.39. The Morgan fingerprint density at radius 2 is 2.00 bits per heavy atom. The first-order chi connectivity index (χ1) is 8.02. The number of aromatic amines is 1. The molecule has 6 heteroatoms. The van der Waals surface area contributed by atoms with Gasteiger partial charge in [0.25, 0.3) is 5.91 Å². The molecule has 5 nitrogen and oxygen atoms in total. The van der Waals surface area contributed by atoms with Crippen molar-refractivity contribution in [3.8, 4) is 0 Å². The molecular formula is C11H10ClN3O2. The summed E-state index contributed by atoms with van der Waals surface area (Å²) in [4.78, 5) is 25.7. The van der Waals surface area contributed by atoms with Crippen LogP contribution in [0.1, 0.15) is 17.4 Å². The molecule has 0 spiro atoms. The van der Waals surface area contributed by atoms with Crippen LogP contribution in [0.4, 0.5) is 0 Å². The number of carbonyl (C=O) groups is 2. The van der Waals surface area contributed by atoms with Gasteiger partial charge in [0, 0.05) is 17.8 Å². The van der Waals surface area contributed by atoms with Crippen LogP contribution in [0.5, 0.6) is 0 Å². The van der Waals surface area contributed by atoms with Gasteiger partial charge in [-0.2, -0.15) is 0 Å². The van der Waals surface area contributed by atoms with Gasteiger partial charge in [-0.15, -0.1) is 0 Å². The molecule has 1 heterocycles. The van der Waals surface area contributed by atoms with Gasteiger partial charge in [-0.25, -0.2) is 10.9 Å². The molecule has 0 bridgehead atoms. The predicted octanol–water partition coefficient (Wildman–Crippen LogP) is 1.68. The van der Waals surface area contributed by atoms with Gasteiger partial charge in [-0.3, -0.25) is 9.59 Å². The molecule has 1 aromatic heterocycles. The van der Waals surface area contributed by atoms with E-state index in [-0.39, 0.29) is 10.7 Å². The molecule has 0 aliphatic heterocycles. The number of halogens is 1. The van der Waals surface area contributed by atoms with E-state index in [4.69, 9.17) is 17.4 Å². The lowest BCUT2D eigenvalue weighted by atomic mass is 10.2. The molecule has 0 fully saturated rings. The minimum absolute atomic E-state index is 0.116. The Morgan fingerprint density at radius 3 is 2.59 bits per heavy atom. The molecule has 0 saturated carbocycles. The summed E-state index contributed by atoms with van der Waals surface area (Å²) >= 11 is 6.06. The Bertz CT molecular complexity index is 606. The van der Waals surface area contributed by atoms with Gasteiger partial charge in [-0.05, 0) is 6.07 Å². The van der Waals surface area contributed by atoms with Gasteiger partial charge < -0.3 is 4.98 Å². The first-order valence-corrected chi connectivity index (χ1v) is 5.26. The topological polar surface area (TPSA) is 79.2 Å². The van der Waals surface area contributed by atoms with E-state index < -0.39 is 11.8 Å². The Morgan fingerprint density at radius 1 is 1.35 bits per heavy atom. The molecule has 3 N–H and O–H groups in total. The average molecular weight is 252 g/mol. The van der Waals surface area contributed by atoms with E-state index in [0.29, 0.717) is 5.01 Å². The molecule has 0 unspecified atom stereocenters. The molecule has 0 atom stereocenters. The highest BCUT2D eigenvalue weighted by atomic mass is 35.5. The van der Waals surface area contributed by atoms with Gasteiger partial charge in [0.1, 0.15) is 5.69 Å². The molecule has 2 aromatic rings. The van der Waals surface area contributed by atoms with Crippen molar-refractivity contribution in [3.63, 3.8) is 0 Å². The summed E-state index contributed by atoms with van der Waals surface area (Å²) in [6.07, 6.45) is 0. The second-order valence-electron chi connectivity index (χ2n) is 3.55. The van der Waals surface area contributed by atoms with E-state index in [1.165, 1.54) is 6.92 Å². The van der Waals surface area contributed by atoms with E-state index in [1.807, 2.05) is 12.1 Å². The summed E-state index contributed by atoms with van der Waals surface area (Å²) in [5.41, 5.74) is 0.836. The number of carbonyl (C=O) groups excluding carboxylic acids is 2. The number of hydrazine groups is 1. The Hall–Kier alpha value is -1.85. The standard InChI is InChI=1S/C11H10ClN3O2/c1-6(16)15(13)11(17)10-9(12)7-4-2-3-5-8(7)14-10/h2-5,14H,13H2,1H3. The third kappa shape index (κ3) is 1.90. The summed E-state index contributed by atoms with van der Waals surface area (Å²) in [7, 11) is 0. The number of H-pyrrole nitrogens is 1. The van der Waals surface area contributed by atoms with E-state index in [0.717, 1.165) is 10.9 Å². The molecular weight excluding hydrogens is 242 g/mol. The minimum Gasteiger partial charge on any atom is -0.349 e. The zero-order valence-corrected chi connectivity index (χ0v) is 9.78. The highest BCUT2D eigenvalue weighted by Crippen LogP contribution is 2.27. The van der Waals surface area contributed by atoms with Crippen molar-refractivity contribution in [1.29, 1.82) is 0 Å². The van der Waals surface area contributed by atoms with Crippen LogP contribution in [-0.2, 0) is 4.79 Å². The monoisotopic (exact) mass is 251 g/mol. The maximum Gasteiger partial charge on any atom is 0.292 e. The second kappa shape index (κ2) is 4.20. The van der Waals surface area contributed by atoms with Gasteiger partial charge in [0.05, 0.1) is 5.02 Å². The van der Waals surface area contributed by atoms with Crippen LogP contribution >= 0.6 is 11.6 Å². The summed E-state index contributed by atoms with van der Waals surface area (Å²) in [5.74, 6) is 4.13. The number of amides is 2. The van der Waals surface area contributed by atoms with Crippen molar-refractivity contribution in [2.24, 2.45) is 5.84 Å². The molecule has 0 saturated heterocycles. The van der Waals surface area contributed by atoms with Crippen molar-refractivity contribution >= 4 is 34.3 Å². The molecule has 0 aliphatic carbocycles. The van der Waals surface area contributed by atoms with Crippen molar-refractivity contribution in [2.75, 3.05) is 0 Å². The number of para-hydroxylation sites is 1. The second-order valence-corrected chi connectivity index (χ2v) is 3.93. The fourth-order valence-corrected chi connectivity index (χ4v) is 1.81. The normalized spacial score (nSPS) is 10.5. The van der Waals surface area contributed by atoms with Crippen molar-refractivity contribution < 1.29 is 9.59 Å². The van der Waals surface area contributed by atoms with Gasteiger partial charge >= 0.3 is 0 Å². The van der Waals surface area contributed by atoms with Crippen LogP contribution in [0.15, 0.2) is 24.3 Å². The average Bonchev–Trinajstić information content (AvgIpc) is 2.65. The number of imide groups is 1. The van der Waals surface area contributed by atoms with E-state index in [9.17, 15) is 9.59 Å². The highest BCUT2D eigenvalue weighted by Gasteiger charge is 2.22. The molecule has 0 radical (unpaired) electrons. The molecule has 2 rings (SSSR count). The molecule has 17 heavy (non-hydrogen) atoms. The maximum absolute atomic E-state index is 11.8. The number of nitrogens with zero attached hydrogens (tertiary/aromatic N) is 1. The predicted molar refractivity (Wildman–Crippen MR) is 64.3 cm³/mol. The lowest BCUT2D eigenvalue weighted by molar-refractivity contribution is -0.126.